The Morgan fingerprint density at radius 2 is 1.71 bits per heavy atom. The highest BCUT2D eigenvalue weighted by Gasteiger charge is 2.32. The molecule has 1 saturated heterocycles. The molecule has 1 aromatic carbocycles. The molecule has 10 nitrogen and oxygen atoms in total. The third kappa shape index (κ3) is 6.61. The lowest BCUT2D eigenvalue weighted by molar-refractivity contribution is -0.126. The second-order valence-corrected chi connectivity index (χ2v) is 9.69. The number of anilines is 1. The van der Waals surface area contributed by atoms with Crippen LogP contribution in [0.25, 0.3) is 0 Å². The Kier molecular flexibility index (Phi) is 8.72. The zero-order valence-electron chi connectivity index (χ0n) is 18.9. The molecular weight excluding hydrogens is 460 g/mol. The van der Waals surface area contributed by atoms with Crippen LogP contribution >= 0.6 is 0 Å². The van der Waals surface area contributed by atoms with E-state index in [2.05, 4.69) is 15.6 Å². The van der Waals surface area contributed by atoms with Crippen molar-refractivity contribution in [1.29, 1.82) is 0 Å². The highest BCUT2D eigenvalue weighted by atomic mass is 32.2. The topological polar surface area (TPSA) is 135 Å². The molecule has 0 aliphatic carbocycles. The predicted molar refractivity (Wildman–Crippen MR) is 124 cm³/mol. The molecule has 1 fully saturated rings. The SMILES string of the molecule is CCOC(=O)c1ccc(S(=O)(=O)N2CCC(C(=O)NCCC(=O)Nc3ccncc3)CC2)cc1. The smallest absolute Gasteiger partial charge is 0.338 e. The molecule has 1 aromatic heterocycles. The number of ether oxygens (including phenoxy) is 1. The average molecular weight is 489 g/mol. The summed E-state index contributed by atoms with van der Waals surface area (Å²) in [6.07, 6.45) is 4.04. The molecule has 0 saturated carbocycles. The fourth-order valence-corrected chi connectivity index (χ4v) is 5.06. The molecular formula is C23H28N4O6S. The Morgan fingerprint density at radius 3 is 2.32 bits per heavy atom. The van der Waals surface area contributed by atoms with E-state index in [-0.39, 0.29) is 60.9 Å². The van der Waals surface area contributed by atoms with E-state index in [0.717, 1.165) is 0 Å². The summed E-state index contributed by atoms with van der Waals surface area (Å²) in [5.41, 5.74) is 0.918. The molecule has 2 N–H and O–H groups in total. The number of amides is 2. The molecule has 0 bridgehead atoms. The maximum Gasteiger partial charge on any atom is 0.338 e. The van der Waals surface area contributed by atoms with Crippen molar-refractivity contribution in [3.63, 3.8) is 0 Å². The van der Waals surface area contributed by atoms with Gasteiger partial charge in [-0.2, -0.15) is 4.31 Å². The first-order chi connectivity index (χ1) is 16.3. The van der Waals surface area contributed by atoms with Crippen LogP contribution in [0, 0.1) is 5.92 Å². The predicted octanol–water partition coefficient (Wildman–Crippen LogP) is 1.80. The number of nitrogens with zero attached hydrogens (tertiary/aromatic N) is 2. The number of pyridine rings is 1. The van der Waals surface area contributed by atoms with Crippen LogP contribution in [0.4, 0.5) is 5.69 Å². The summed E-state index contributed by atoms with van der Waals surface area (Å²) >= 11 is 0. The van der Waals surface area contributed by atoms with Crippen LogP contribution in [0.5, 0.6) is 0 Å². The van der Waals surface area contributed by atoms with Crippen LogP contribution < -0.4 is 10.6 Å². The van der Waals surface area contributed by atoms with E-state index < -0.39 is 16.0 Å². The lowest BCUT2D eigenvalue weighted by Gasteiger charge is -2.30. The van der Waals surface area contributed by atoms with E-state index in [1.165, 1.54) is 28.6 Å². The summed E-state index contributed by atoms with van der Waals surface area (Å²) in [5, 5.41) is 5.48. The van der Waals surface area contributed by atoms with Crippen molar-refractivity contribution in [2.24, 2.45) is 5.92 Å². The van der Waals surface area contributed by atoms with Crippen LogP contribution in [-0.2, 0) is 24.3 Å². The quantitative estimate of drug-likeness (QED) is 0.514. The summed E-state index contributed by atoms with van der Waals surface area (Å²) < 4.78 is 32.1. The molecule has 11 heteroatoms. The summed E-state index contributed by atoms with van der Waals surface area (Å²) in [5.74, 6) is -1.23. The Balaban J connectivity index is 1.45. The molecule has 3 rings (SSSR count). The van der Waals surface area contributed by atoms with Gasteiger partial charge in [0, 0.05) is 50.1 Å². The van der Waals surface area contributed by atoms with Crippen LogP contribution in [0.3, 0.4) is 0 Å². The van der Waals surface area contributed by atoms with Gasteiger partial charge in [-0.1, -0.05) is 0 Å². The standard InChI is InChI=1S/C23H28N4O6S/c1-2-33-23(30)18-3-5-20(6-4-18)34(31,32)27-15-10-17(11-16-27)22(29)25-14-9-21(28)26-19-7-12-24-13-8-19/h3-8,12-13,17H,2,9-11,14-16H2,1H3,(H,25,29)(H,24,26,28). The number of esters is 1. The third-order valence-corrected chi connectivity index (χ3v) is 7.36. The van der Waals surface area contributed by atoms with Crippen molar-refractivity contribution in [3.8, 4) is 0 Å². The number of hydrogen-bond donors (Lipinski definition) is 2. The molecule has 2 aromatic rings. The number of nitrogens with one attached hydrogen (secondary N) is 2. The van der Waals surface area contributed by atoms with E-state index in [4.69, 9.17) is 4.74 Å². The molecule has 0 spiro atoms. The van der Waals surface area contributed by atoms with Gasteiger partial charge in [0.05, 0.1) is 17.1 Å². The zero-order valence-corrected chi connectivity index (χ0v) is 19.7. The van der Waals surface area contributed by atoms with Gasteiger partial charge in [-0.3, -0.25) is 14.6 Å². The number of piperidine rings is 1. The number of benzene rings is 1. The van der Waals surface area contributed by atoms with Crippen LogP contribution in [0.15, 0.2) is 53.7 Å². The first kappa shape index (κ1) is 25.3. The van der Waals surface area contributed by atoms with Gasteiger partial charge in [0.2, 0.25) is 21.8 Å². The Bertz CT molecular complexity index is 1100. The van der Waals surface area contributed by atoms with E-state index in [1.54, 1.807) is 31.5 Å². The van der Waals surface area contributed by atoms with Crippen molar-refractivity contribution < 1.29 is 27.5 Å². The minimum absolute atomic E-state index is 0.0867. The number of carbonyl (C=O) groups excluding carboxylic acids is 3. The monoisotopic (exact) mass is 488 g/mol. The summed E-state index contributed by atoms with van der Waals surface area (Å²) in [6.45, 7) is 2.55. The minimum atomic E-state index is -3.73. The second kappa shape index (κ2) is 11.7. The lowest BCUT2D eigenvalue weighted by atomic mass is 9.97. The van der Waals surface area contributed by atoms with Gasteiger partial charge in [-0.15, -0.1) is 0 Å². The summed E-state index contributed by atoms with van der Waals surface area (Å²) in [4.78, 5) is 40.1. The van der Waals surface area contributed by atoms with Gasteiger partial charge in [-0.25, -0.2) is 13.2 Å². The van der Waals surface area contributed by atoms with Crippen LogP contribution in [0.1, 0.15) is 36.5 Å². The maximum absolute atomic E-state index is 12.9. The van der Waals surface area contributed by atoms with E-state index in [1.807, 2.05) is 0 Å². The number of hydrogen-bond acceptors (Lipinski definition) is 7. The van der Waals surface area contributed by atoms with Crippen molar-refractivity contribution in [2.75, 3.05) is 31.6 Å². The normalized spacial score (nSPS) is 14.9. The van der Waals surface area contributed by atoms with Gasteiger partial charge < -0.3 is 15.4 Å². The largest absolute Gasteiger partial charge is 0.462 e. The first-order valence-electron chi connectivity index (χ1n) is 11.1. The fourth-order valence-electron chi connectivity index (χ4n) is 3.59. The molecule has 182 valence electrons. The van der Waals surface area contributed by atoms with Gasteiger partial charge in [0.15, 0.2) is 0 Å². The van der Waals surface area contributed by atoms with Crippen molar-refractivity contribution in [1.82, 2.24) is 14.6 Å². The molecule has 0 radical (unpaired) electrons. The lowest BCUT2D eigenvalue weighted by Crippen LogP contribution is -2.43. The molecule has 1 aliphatic rings. The minimum Gasteiger partial charge on any atom is -0.462 e. The van der Waals surface area contributed by atoms with Gasteiger partial charge in [0.25, 0.3) is 0 Å². The van der Waals surface area contributed by atoms with Gasteiger partial charge in [0.1, 0.15) is 0 Å². The number of aromatic nitrogens is 1. The van der Waals surface area contributed by atoms with Gasteiger partial charge in [-0.05, 0) is 56.2 Å². The number of carbonyl (C=O) groups is 3. The van der Waals surface area contributed by atoms with Crippen LogP contribution in [-0.4, -0.2) is 61.7 Å². The fraction of sp³-hybridized carbons (Fsp3) is 0.391. The molecule has 2 amide bonds. The highest BCUT2D eigenvalue weighted by Crippen LogP contribution is 2.24. The zero-order chi connectivity index (χ0) is 24.6. The van der Waals surface area contributed by atoms with Crippen molar-refractivity contribution in [2.45, 2.75) is 31.1 Å². The van der Waals surface area contributed by atoms with Crippen molar-refractivity contribution in [3.05, 3.63) is 54.4 Å². The molecule has 1 aliphatic heterocycles. The van der Waals surface area contributed by atoms with E-state index in [9.17, 15) is 22.8 Å². The average Bonchev–Trinajstić information content (AvgIpc) is 2.85. The number of sulfonamides is 1. The summed E-state index contributed by atoms with van der Waals surface area (Å²) in [6, 6.07) is 8.97. The molecule has 2 heterocycles. The Morgan fingerprint density at radius 1 is 1.06 bits per heavy atom. The maximum atomic E-state index is 12.9. The Labute approximate surface area is 198 Å². The first-order valence-corrected chi connectivity index (χ1v) is 12.5. The van der Waals surface area contributed by atoms with E-state index in [0.29, 0.717) is 18.5 Å². The highest BCUT2D eigenvalue weighted by molar-refractivity contribution is 7.89. The van der Waals surface area contributed by atoms with Gasteiger partial charge >= 0.3 is 5.97 Å². The van der Waals surface area contributed by atoms with Crippen molar-refractivity contribution >= 4 is 33.5 Å². The van der Waals surface area contributed by atoms with Crippen LogP contribution in [0.2, 0.25) is 0 Å². The number of rotatable bonds is 9. The third-order valence-electron chi connectivity index (χ3n) is 5.44. The second-order valence-electron chi connectivity index (χ2n) is 7.75. The molecule has 34 heavy (non-hydrogen) atoms. The molecule has 0 unspecified atom stereocenters. The van der Waals surface area contributed by atoms with E-state index >= 15 is 0 Å². The summed E-state index contributed by atoms with van der Waals surface area (Å²) in [7, 11) is -3.73. The molecule has 0 atom stereocenters. The Hall–Kier alpha value is -3.31.